The molecule has 1 aromatic heterocycles. The lowest BCUT2D eigenvalue weighted by Crippen LogP contribution is -2.32. The number of fused-ring (bicyclic) bond motifs is 1. The average Bonchev–Trinajstić information content (AvgIpc) is 2.97. The summed E-state index contributed by atoms with van der Waals surface area (Å²) in [6, 6.07) is 19.6. The zero-order chi connectivity index (χ0) is 20.3. The summed E-state index contributed by atoms with van der Waals surface area (Å²) < 4.78 is 3.43. The molecule has 5 heteroatoms. The molecule has 0 amide bonds. The molecule has 0 radical (unpaired) electrons. The molecule has 1 fully saturated rings. The van der Waals surface area contributed by atoms with Gasteiger partial charge in [0.15, 0.2) is 0 Å². The van der Waals surface area contributed by atoms with Gasteiger partial charge >= 0.3 is 0 Å². The summed E-state index contributed by atoms with van der Waals surface area (Å²) in [6.45, 7) is 4.40. The quantitative estimate of drug-likeness (QED) is 0.462. The minimum absolute atomic E-state index is 0.566. The third-order valence-corrected chi connectivity index (χ3v) is 7.17. The minimum atomic E-state index is 0.566. The van der Waals surface area contributed by atoms with E-state index in [1.807, 2.05) is 0 Å². The van der Waals surface area contributed by atoms with Crippen LogP contribution >= 0.6 is 22.6 Å². The lowest BCUT2D eigenvalue weighted by molar-refractivity contribution is 0.203. The number of hydrogen-bond acceptors (Lipinski definition) is 3. The molecule has 5 rings (SSSR count). The van der Waals surface area contributed by atoms with Gasteiger partial charge in [0.05, 0.1) is 11.4 Å². The number of benzene rings is 2. The molecule has 0 atom stereocenters. The Morgan fingerprint density at radius 1 is 0.967 bits per heavy atom. The predicted molar refractivity (Wildman–Crippen MR) is 131 cm³/mol. The molecule has 1 N–H and O–H groups in total. The van der Waals surface area contributed by atoms with Gasteiger partial charge in [-0.2, -0.15) is 5.10 Å². The van der Waals surface area contributed by atoms with Crippen molar-refractivity contribution in [3.8, 4) is 5.69 Å². The van der Waals surface area contributed by atoms with Crippen molar-refractivity contribution in [2.45, 2.75) is 44.6 Å². The lowest BCUT2D eigenvalue weighted by Gasteiger charge is -2.31. The van der Waals surface area contributed by atoms with Gasteiger partial charge in [-0.3, -0.25) is 4.90 Å². The fourth-order valence-electron chi connectivity index (χ4n) is 4.83. The molecule has 3 aromatic rings. The first-order valence-electron chi connectivity index (χ1n) is 11.2. The standard InChI is InChI=1S/C25H29IN4/c26-21-9-11-22(12-10-21)30-25-23(8-4-5-15-27-25)24(28-30)20-13-16-29(17-14-20)18-19-6-2-1-3-7-19/h1-3,6-7,9-12,20,27H,4-5,8,13-18H2. The van der Waals surface area contributed by atoms with Crippen LogP contribution in [0.3, 0.4) is 0 Å². The van der Waals surface area contributed by atoms with Crippen LogP contribution in [0.5, 0.6) is 0 Å². The van der Waals surface area contributed by atoms with Gasteiger partial charge in [-0.05, 0) is 97.6 Å². The van der Waals surface area contributed by atoms with Crippen LogP contribution in [0, 0.1) is 3.57 Å². The highest BCUT2D eigenvalue weighted by Gasteiger charge is 2.29. The Morgan fingerprint density at radius 3 is 2.50 bits per heavy atom. The number of nitrogens with one attached hydrogen (secondary N) is 1. The molecule has 0 unspecified atom stereocenters. The van der Waals surface area contributed by atoms with Crippen molar-refractivity contribution >= 4 is 28.4 Å². The van der Waals surface area contributed by atoms with E-state index in [-0.39, 0.29) is 0 Å². The molecule has 4 nitrogen and oxygen atoms in total. The molecule has 156 valence electrons. The molecule has 2 aliphatic heterocycles. The largest absolute Gasteiger partial charge is 0.370 e. The molecular weight excluding hydrogens is 483 g/mol. The van der Waals surface area contributed by atoms with E-state index in [1.165, 1.54) is 51.9 Å². The second kappa shape index (κ2) is 9.10. The van der Waals surface area contributed by atoms with Crippen LogP contribution in [0.25, 0.3) is 5.69 Å². The van der Waals surface area contributed by atoms with Crippen LogP contribution in [0.1, 0.15) is 48.4 Å². The highest BCUT2D eigenvalue weighted by atomic mass is 127. The Bertz CT molecular complexity index is 972. The molecular formula is C25H29IN4. The second-order valence-electron chi connectivity index (χ2n) is 8.52. The molecule has 0 bridgehead atoms. The van der Waals surface area contributed by atoms with Gasteiger partial charge in [-0.15, -0.1) is 0 Å². The van der Waals surface area contributed by atoms with Gasteiger partial charge in [0.1, 0.15) is 5.82 Å². The van der Waals surface area contributed by atoms with Gasteiger partial charge in [0, 0.05) is 28.1 Å². The first-order chi connectivity index (χ1) is 14.8. The summed E-state index contributed by atoms with van der Waals surface area (Å²) >= 11 is 2.37. The summed E-state index contributed by atoms with van der Waals surface area (Å²) in [5, 5.41) is 8.90. The van der Waals surface area contributed by atoms with Crippen molar-refractivity contribution in [2.75, 3.05) is 25.0 Å². The Morgan fingerprint density at radius 2 is 1.73 bits per heavy atom. The van der Waals surface area contributed by atoms with Gasteiger partial charge in [0.25, 0.3) is 0 Å². The first-order valence-corrected chi connectivity index (χ1v) is 12.2. The van der Waals surface area contributed by atoms with E-state index < -0.39 is 0 Å². The maximum Gasteiger partial charge on any atom is 0.133 e. The predicted octanol–water partition coefficient (Wildman–Crippen LogP) is 5.60. The number of nitrogens with zero attached hydrogens (tertiary/aromatic N) is 3. The van der Waals surface area contributed by atoms with Crippen LogP contribution in [0.2, 0.25) is 0 Å². The van der Waals surface area contributed by atoms with E-state index >= 15 is 0 Å². The second-order valence-corrected chi connectivity index (χ2v) is 9.77. The number of anilines is 1. The third kappa shape index (κ3) is 4.28. The fourth-order valence-corrected chi connectivity index (χ4v) is 5.19. The zero-order valence-electron chi connectivity index (χ0n) is 17.4. The molecule has 1 saturated heterocycles. The molecule has 2 aliphatic rings. The van der Waals surface area contributed by atoms with E-state index in [2.05, 4.69) is 92.1 Å². The first kappa shape index (κ1) is 20.1. The van der Waals surface area contributed by atoms with Crippen LogP contribution in [-0.2, 0) is 13.0 Å². The number of likely N-dealkylation sites (tertiary alicyclic amines) is 1. The highest BCUT2D eigenvalue weighted by Crippen LogP contribution is 2.36. The van der Waals surface area contributed by atoms with E-state index in [9.17, 15) is 0 Å². The van der Waals surface area contributed by atoms with E-state index in [0.29, 0.717) is 5.92 Å². The Hall–Kier alpha value is -1.86. The highest BCUT2D eigenvalue weighted by molar-refractivity contribution is 14.1. The Balaban J connectivity index is 1.37. The van der Waals surface area contributed by atoms with Crippen molar-refractivity contribution in [1.29, 1.82) is 0 Å². The summed E-state index contributed by atoms with van der Waals surface area (Å²) in [6.07, 6.45) is 6.02. The SMILES string of the molecule is Ic1ccc(-n2nc(C3CCN(Cc4ccccc4)CC3)c3c2NCCCC3)cc1. The Labute approximate surface area is 192 Å². The number of hydrogen-bond donors (Lipinski definition) is 1. The zero-order valence-corrected chi connectivity index (χ0v) is 19.5. The number of aromatic nitrogens is 2. The number of halogens is 1. The van der Waals surface area contributed by atoms with Crippen molar-refractivity contribution in [1.82, 2.24) is 14.7 Å². The summed E-state index contributed by atoms with van der Waals surface area (Å²) in [5.74, 6) is 1.80. The normalized spacial score (nSPS) is 17.9. The molecule has 0 spiro atoms. The van der Waals surface area contributed by atoms with Crippen molar-refractivity contribution in [3.05, 3.63) is 75.0 Å². The monoisotopic (exact) mass is 512 g/mol. The van der Waals surface area contributed by atoms with Crippen molar-refractivity contribution in [3.63, 3.8) is 0 Å². The third-order valence-electron chi connectivity index (χ3n) is 6.46. The van der Waals surface area contributed by atoms with Gasteiger partial charge in [-0.1, -0.05) is 30.3 Å². The Kier molecular flexibility index (Phi) is 6.09. The molecule has 3 heterocycles. The summed E-state index contributed by atoms with van der Waals surface area (Å²) in [5.41, 5.74) is 5.38. The molecule has 2 aromatic carbocycles. The van der Waals surface area contributed by atoms with E-state index in [0.717, 1.165) is 38.3 Å². The molecule has 0 saturated carbocycles. The van der Waals surface area contributed by atoms with Crippen LogP contribution in [-0.4, -0.2) is 34.3 Å². The van der Waals surface area contributed by atoms with E-state index in [4.69, 9.17) is 5.10 Å². The van der Waals surface area contributed by atoms with Crippen LogP contribution in [0.4, 0.5) is 5.82 Å². The van der Waals surface area contributed by atoms with Crippen LogP contribution in [0.15, 0.2) is 54.6 Å². The molecule has 0 aliphatic carbocycles. The lowest BCUT2D eigenvalue weighted by atomic mass is 9.90. The molecule has 30 heavy (non-hydrogen) atoms. The topological polar surface area (TPSA) is 33.1 Å². The minimum Gasteiger partial charge on any atom is -0.370 e. The summed E-state index contributed by atoms with van der Waals surface area (Å²) in [7, 11) is 0. The number of rotatable bonds is 4. The maximum atomic E-state index is 5.20. The smallest absolute Gasteiger partial charge is 0.133 e. The van der Waals surface area contributed by atoms with Crippen LogP contribution < -0.4 is 5.32 Å². The van der Waals surface area contributed by atoms with Gasteiger partial charge in [-0.25, -0.2) is 4.68 Å². The van der Waals surface area contributed by atoms with Crippen molar-refractivity contribution in [2.24, 2.45) is 0 Å². The average molecular weight is 512 g/mol. The maximum absolute atomic E-state index is 5.20. The van der Waals surface area contributed by atoms with Gasteiger partial charge < -0.3 is 5.32 Å². The number of piperidine rings is 1. The fraction of sp³-hybridized carbons (Fsp3) is 0.400. The van der Waals surface area contributed by atoms with E-state index in [1.54, 1.807) is 0 Å². The summed E-state index contributed by atoms with van der Waals surface area (Å²) in [4.78, 5) is 2.60. The van der Waals surface area contributed by atoms with Gasteiger partial charge in [0.2, 0.25) is 0 Å². The van der Waals surface area contributed by atoms with Crippen molar-refractivity contribution < 1.29 is 0 Å².